The van der Waals surface area contributed by atoms with Gasteiger partial charge in [-0.05, 0) is 50.2 Å². The monoisotopic (exact) mass is 553 g/mol. The number of ether oxygens (including phenoxy) is 1. The van der Waals surface area contributed by atoms with Crippen LogP contribution in [0.4, 0.5) is 22.0 Å². The molecule has 0 aliphatic heterocycles. The van der Waals surface area contributed by atoms with Crippen molar-refractivity contribution in [1.29, 1.82) is 0 Å². The van der Waals surface area contributed by atoms with E-state index in [0.29, 0.717) is 24.5 Å². The van der Waals surface area contributed by atoms with Crippen LogP contribution in [-0.2, 0) is 18.8 Å². The molecule has 0 fully saturated rings. The van der Waals surface area contributed by atoms with E-state index in [-0.39, 0.29) is 30.7 Å². The number of halogens is 5. The SMILES string of the molecule is CCCCCCc1ccc(C2CCc3c(cc(F)c(OCCCCCCCC(C)CC)c3F)C2(F)F)nc1F. The number of aromatic nitrogens is 1. The number of hydrogen-bond donors (Lipinski definition) is 0. The Hall–Kier alpha value is -2.18. The van der Waals surface area contributed by atoms with Gasteiger partial charge in [0.25, 0.3) is 5.92 Å². The molecule has 1 aliphatic rings. The molecule has 0 saturated heterocycles. The van der Waals surface area contributed by atoms with Crippen molar-refractivity contribution in [1.82, 2.24) is 4.98 Å². The highest BCUT2D eigenvalue weighted by Crippen LogP contribution is 2.51. The average molecular weight is 554 g/mol. The molecule has 0 amide bonds. The standard InChI is InChI=1S/C32H44F5NO/c1-4-6-7-12-15-23-16-19-28(38-31(23)35)25-18-17-24-26(32(25,36)37)21-27(33)30(29(24)34)39-20-13-10-8-9-11-14-22(3)5-2/h16,19,21-22,25H,4-15,17-18,20H2,1-3H3. The van der Waals surface area contributed by atoms with E-state index in [9.17, 15) is 8.78 Å². The minimum Gasteiger partial charge on any atom is -0.488 e. The molecule has 1 heterocycles. The van der Waals surface area contributed by atoms with Crippen LogP contribution in [0.15, 0.2) is 18.2 Å². The quantitative estimate of drug-likeness (QED) is 0.117. The van der Waals surface area contributed by atoms with Gasteiger partial charge in [0.15, 0.2) is 17.4 Å². The van der Waals surface area contributed by atoms with Crippen LogP contribution < -0.4 is 4.74 Å². The predicted octanol–water partition coefficient (Wildman–Crippen LogP) is 10.2. The summed E-state index contributed by atoms with van der Waals surface area (Å²) in [6, 6.07) is 3.63. The fourth-order valence-corrected chi connectivity index (χ4v) is 5.41. The number of unbranched alkanes of at least 4 members (excludes halogenated alkanes) is 7. The van der Waals surface area contributed by atoms with Gasteiger partial charge in [-0.25, -0.2) is 22.5 Å². The summed E-state index contributed by atoms with van der Waals surface area (Å²) in [6.07, 6.45) is 11.5. The highest BCUT2D eigenvalue weighted by molar-refractivity contribution is 5.45. The lowest BCUT2D eigenvalue weighted by atomic mass is 9.78. The van der Waals surface area contributed by atoms with Crippen LogP contribution in [0.3, 0.4) is 0 Å². The Morgan fingerprint density at radius 2 is 1.69 bits per heavy atom. The van der Waals surface area contributed by atoms with Crippen molar-refractivity contribution in [2.24, 2.45) is 5.92 Å². The molecular weight excluding hydrogens is 509 g/mol. The number of hydrogen-bond acceptors (Lipinski definition) is 2. The number of benzene rings is 1. The second-order valence-corrected chi connectivity index (χ2v) is 11.2. The molecule has 0 N–H and O–H groups in total. The summed E-state index contributed by atoms with van der Waals surface area (Å²) in [5.74, 6) is -7.85. The van der Waals surface area contributed by atoms with Crippen molar-refractivity contribution in [2.75, 3.05) is 6.61 Å². The number of nitrogens with zero attached hydrogens (tertiary/aromatic N) is 1. The highest BCUT2D eigenvalue weighted by Gasteiger charge is 2.49. The van der Waals surface area contributed by atoms with E-state index in [4.69, 9.17) is 4.74 Å². The van der Waals surface area contributed by atoms with E-state index in [1.807, 2.05) is 0 Å². The number of pyridine rings is 1. The molecule has 1 aliphatic carbocycles. The molecule has 218 valence electrons. The Labute approximate surface area is 230 Å². The summed E-state index contributed by atoms with van der Waals surface area (Å²) < 4.78 is 81.1. The lowest BCUT2D eigenvalue weighted by Crippen LogP contribution is -2.32. The number of aryl methyl sites for hydroxylation is 1. The van der Waals surface area contributed by atoms with Crippen molar-refractivity contribution in [3.8, 4) is 5.75 Å². The van der Waals surface area contributed by atoms with Crippen LogP contribution in [0, 0.1) is 23.5 Å². The Kier molecular flexibility index (Phi) is 12.1. The topological polar surface area (TPSA) is 22.1 Å². The van der Waals surface area contributed by atoms with E-state index in [1.54, 1.807) is 0 Å². The molecule has 2 aromatic rings. The van der Waals surface area contributed by atoms with Crippen molar-refractivity contribution < 1.29 is 26.7 Å². The fourth-order valence-electron chi connectivity index (χ4n) is 5.41. The van der Waals surface area contributed by atoms with Crippen molar-refractivity contribution in [2.45, 2.75) is 123 Å². The molecule has 3 rings (SSSR count). The largest absolute Gasteiger partial charge is 0.488 e. The van der Waals surface area contributed by atoms with Gasteiger partial charge in [-0.15, -0.1) is 0 Å². The van der Waals surface area contributed by atoms with Gasteiger partial charge in [0, 0.05) is 16.7 Å². The van der Waals surface area contributed by atoms with E-state index in [2.05, 4.69) is 25.8 Å². The van der Waals surface area contributed by atoms with Crippen LogP contribution in [0.5, 0.6) is 5.75 Å². The molecule has 0 saturated carbocycles. The number of alkyl halides is 2. The van der Waals surface area contributed by atoms with Gasteiger partial charge in [-0.3, -0.25) is 0 Å². The van der Waals surface area contributed by atoms with E-state index < -0.39 is 40.7 Å². The third kappa shape index (κ3) is 8.17. The van der Waals surface area contributed by atoms with Crippen LogP contribution in [0.2, 0.25) is 0 Å². The van der Waals surface area contributed by atoms with E-state index in [0.717, 1.165) is 50.9 Å². The summed E-state index contributed by atoms with van der Waals surface area (Å²) >= 11 is 0. The van der Waals surface area contributed by atoms with Crippen LogP contribution in [-0.4, -0.2) is 11.6 Å². The zero-order valence-electron chi connectivity index (χ0n) is 23.7. The second kappa shape index (κ2) is 15.0. The van der Waals surface area contributed by atoms with Gasteiger partial charge < -0.3 is 4.74 Å². The lowest BCUT2D eigenvalue weighted by molar-refractivity contribution is -0.0459. The van der Waals surface area contributed by atoms with Gasteiger partial charge in [0.2, 0.25) is 5.95 Å². The number of fused-ring (bicyclic) bond motifs is 1. The highest BCUT2D eigenvalue weighted by atomic mass is 19.3. The molecule has 2 atom stereocenters. The Balaban J connectivity index is 1.62. The smallest absolute Gasteiger partial charge is 0.281 e. The van der Waals surface area contributed by atoms with Crippen molar-refractivity contribution in [3.63, 3.8) is 0 Å². The third-order valence-corrected chi connectivity index (χ3v) is 8.15. The van der Waals surface area contributed by atoms with Crippen LogP contribution in [0.25, 0.3) is 0 Å². The van der Waals surface area contributed by atoms with Crippen LogP contribution in [0.1, 0.15) is 126 Å². The summed E-state index contributed by atoms with van der Waals surface area (Å²) in [7, 11) is 0. The molecule has 7 heteroatoms. The molecule has 1 aromatic carbocycles. The molecule has 1 aromatic heterocycles. The van der Waals surface area contributed by atoms with Gasteiger partial charge in [-0.1, -0.05) is 84.6 Å². The molecule has 2 nitrogen and oxygen atoms in total. The Morgan fingerprint density at radius 3 is 2.41 bits per heavy atom. The zero-order valence-corrected chi connectivity index (χ0v) is 23.7. The fraction of sp³-hybridized carbons (Fsp3) is 0.656. The van der Waals surface area contributed by atoms with E-state index >= 15 is 13.2 Å². The maximum atomic E-state index is 15.5. The molecule has 0 bridgehead atoms. The average Bonchev–Trinajstić information content (AvgIpc) is 2.90. The molecule has 0 spiro atoms. The summed E-state index contributed by atoms with van der Waals surface area (Å²) in [6.45, 7) is 6.65. The first-order valence-corrected chi connectivity index (χ1v) is 14.9. The lowest BCUT2D eigenvalue weighted by Gasteiger charge is -2.33. The van der Waals surface area contributed by atoms with Crippen molar-refractivity contribution in [3.05, 3.63) is 58.2 Å². The summed E-state index contributed by atoms with van der Waals surface area (Å²) in [4.78, 5) is 3.86. The van der Waals surface area contributed by atoms with Gasteiger partial charge in [0.05, 0.1) is 18.2 Å². The Morgan fingerprint density at radius 1 is 0.974 bits per heavy atom. The molecule has 39 heavy (non-hydrogen) atoms. The summed E-state index contributed by atoms with van der Waals surface area (Å²) in [5.41, 5.74) is -0.621. The molecule has 2 unspecified atom stereocenters. The zero-order chi connectivity index (χ0) is 28.4. The number of rotatable bonds is 16. The van der Waals surface area contributed by atoms with E-state index in [1.165, 1.54) is 31.4 Å². The molecular formula is C32H44F5NO. The first-order chi connectivity index (χ1) is 18.7. The predicted molar refractivity (Wildman–Crippen MR) is 146 cm³/mol. The Bertz CT molecular complexity index is 1060. The van der Waals surface area contributed by atoms with Crippen molar-refractivity contribution >= 4 is 0 Å². The maximum Gasteiger partial charge on any atom is 0.281 e. The normalized spacial score (nSPS) is 17.2. The first kappa shape index (κ1) is 31.3. The van der Waals surface area contributed by atoms with Gasteiger partial charge in [-0.2, -0.15) is 4.39 Å². The second-order valence-electron chi connectivity index (χ2n) is 11.2. The first-order valence-electron chi connectivity index (χ1n) is 14.9. The minimum absolute atomic E-state index is 0.0314. The minimum atomic E-state index is -3.59. The van der Waals surface area contributed by atoms with Gasteiger partial charge in [0.1, 0.15) is 0 Å². The van der Waals surface area contributed by atoms with Gasteiger partial charge >= 0.3 is 0 Å². The maximum absolute atomic E-state index is 15.5. The third-order valence-electron chi connectivity index (χ3n) is 8.15. The molecule has 0 radical (unpaired) electrons. The van der Waals surface area contributed by atoms with Crippen LogP contribution >= 0.6 is 0 Å². The summed E-state index contributed by atoms with van der Waals surface area (Å²) in [5, 5.41) is 0.